The van der Waals surface area contributed by atoms with Crippen LogP contribution in [0.5, 0.6) is 17.2 Å². The maximum atomic E-state index is 15.7. The zero-order chi connectivity index (χ0) is 27.6. The van der Waals surface area contributed by atoms with Crippen LogP contribution in [-0.2, 0) is 20.9 Å². The summed E-state index contributed by atoms with van der Waals surface area (Å²) in [5, 5.41) is 13.3. The molecule has 0 bridgehead atoms. The molecule has 2 aliphatic heterocycles. The Kier molecular flexibility index (Phi) is 7.63. The first-order chi connectivity index (χ1) is 18.9. The predicted octanol–water partition coefficient (Wildman–Crippen LogP) is 5.51. The molecule has 0 aromatic heterocycles. The lowest BCUT2D eigenvalue weighted by Gasteiger charge is -2.35. The number of nitrogens with one attached hydrogen (secondary N) is 1. The molecule has 2 heterocycles. The number of carboxylic acid groups (broad SMARTS) is 1. The fourth-order valence-electron chi connectivity index (χ4n) is 5.26. The second-order valence-electron chi connectivity index (χ2n) is 9.74. The van der Waals surface area contributed by atoms with E-state index < -0.39 is 17.3 Å². The molecule has 1 saturated heterocycles. The number of benzene rings is 3. The third kappa shape index (κ3) is 5.12. The summed E-state index contributed by atoms with van der Waals surface area (Å²) in [6, 6.07) is 14.7. The van der Waals surface area contributed by atoms with E-state index in [9.17, 15) is 9.90 Å². The number of para-hydroxylation sites is 1. The number of rotatable bonds is 9. The standard InChI is InChI=1S/C30H32FNO7/c1-18-25(35-2)15-23(27(31)28(18)36-3)21-9-8-20(32-30(29(33)34)10-12-37-13-11-30)14-19(21)16-38-26-17-39-24-7-5-4-6-22(24)26/h4-9,14-15,26,32H,10-13,16-17H2,1-3H3,(H,33,34)/t26-/m0/s1. The Morgan fingerprint density at radius 1 is 1.10 bits per heavy atom. The Balaban J connectivity index is 1.54. The lowest BCUT2D eigenvalue weighted by atomic mass is 9.89. The van der Waals surface area contributed by atoms with Crippen LogP contribution >= 0.6 is 0 Å². The number of methoxy groups -OCH3 is 2. The minimum Gasteiger partial charge on any atom is -0.496 e. The summed E-state index contributed by atoms with van der Waals surface area (Å²) in [5.74, 6) is -0.0867. The third-order valence-corrected chi connectivity index (χ3v) is 7.48. The van der Waals surface area contributed by atoms with Crippen molar-refractivity contribution >= 4 is 11.7 Å². The molecule has 0 radical (unpaired) electrons. The Labute approximate surface area is 226 Å². The van der Waals surface area contributed by atoms with Gasteiger partial charge in [0.15, 0.2) is 11.6 Å². The van der Waals surface area contributed by atoms with Gasteiger partial charge in [0.25, 0.3) is 0 Å². The summed E-state index contributed by atoms with van der Waals surface area (Å²) >= 11 is 0. The van der Waals surface area contributed by atoms with Crippen LogP contribution in [0.1, 0.15) is 35.6 Å². The summed E-state index contributed by atoms with van der Waals surface area (Å²) in [6.45, 7) is 2.94. The Bertz CT molecular complexity index is 1370. The molecule has 0 amide bonds. The fourth-order valence-corrected chi connectivity index (χ4v) is 5.26. The average Bonchev–Trinajstić information content (AvgIpc) is 3.36. The van der Waals surface area contributed by atoms with Gasteiger partial charge in [-0.05, 0) is 42.3 Å². The van der Waals surface area contributed by atoms with Gasteiger partial charge in [-0.15, -0.1) is 0 Å². The zero-order valence-electron chi connectivity index (χ0n) is 22.2. The monoisotopic (exact) mass is 537 g/mol. The van der Waals surface area contributed by atoms with Gasteiger partial charge < -0.3 is 34.1 Å². The molecule has 0 spiro atoms. The van der Waals surface area contributed by atoms with Crippen molar-refractivity contribution in [1.29, 1.82) is 0 Å². The first kappa shape index (κ1) is 26.8. The maximum absolute atomic E-state index is 15.7. The zero-order valence-corrected chi connectivity index (χ0v) is 22.2. The van der Waals surface area contributed by atoms with Gasteiger partial charge in [0.1, 0.15) is 29.7 Å². The van der Waals surface area contributed by atoms with Crippen molar-refractivity contribution in [2.24, 2.45) is 0 Å². The van der Waals surface area contributed by atoms with Gasteiger partial charge in [-0.3, -0.25) is 0 Å². The molecule has 8 nitrogen and oxygen atoms in total. The van der Waals surface area contributed by atoms with E-state index >= 15 is 4.39 Å². The second kappa shape index (κ2) is 11.1. The fraction of sp³-hybridized carbons (Fsp3) is 0.367. The predicted molar refractivity (Wildman–Crippen MR) is 143 cm³/mol. The molecule has 206 valence electrons. The minimum absolute atomic E-state index is 0.101. The quantitative estimate of drug-likeness (QED) is 0.369. The molecule has 0 unspecified atom stereocenters. The second-order valence-corrected chi connectivity index (χ2v) is 9.74. The molecule has 3 aromatic rings. The molecule has 0 aliphatic carbocycles. The van der Waals surface area contributed by atoms with Crippen LogP contribution in [0, 0.1) is 12.7 Å². The number of carbonyl (C=O) groups is 1. The number of aliphatic carboxylic acids is 1. The largest absolute Gasteiger partial charge is 0.496 e. The van der Waals surface area contributed by atoms with Crippen molar-refractivity contribution in [3.8, 4) is 28.4 Å². The summed E-state index contributed by atoms with van der Waals surface area (Å²) < 4.78 is 44.1. The molecule has 3 aromatic carbocycles. The molecule has 5 rings (SSSR count). The summed E-state index contributed by atoms with van der Waals surface area (Å²) in [4.78, 5) is 12.3. The Hall–Kier alpha value is -3.82. The van der Waals surface area contributed by atoms with Crippen LogP contribution in [-0.4, -0.2) is 50.7 Å². The highest BCUT2D eigenvalue weighted by atomic mass is 19.1. The highest BCUT2D eigenvalue weighted by Crippen LogP contribution is 2.41. The minimum atomic E-state index is -1.16. The van der Waals surface area contributed by atoms with Crippen molar-refractivity contribution < 1.29 is 38.0 Å². The number of anilines is 1. The molecule has 2 aliphatic rings. The molecule has 1 atom stereocenters. The number of halogens is 1. The SMILES string of the molecule is COc1cc(-c2ccc(NC3(C(=O)O)CCOCC3)cc2CO[C@H]2COc3ccccc32)c(F)c(OC)c1C. The van der Waals surface area contributed by atoms with Crippen molar-refractivity contribution in [3.05, 3.63) is 71.0 Å². The average molecular weight is 538 g/mol. The number of ether oxygens (including phenoxy) is 5. The first-order valence-corrected chi connectivity index (χ1v) is 12.8. The van der Waals surface area contributed by atoms with Crippen LogP contribution in [0.2, 0.25) is 0 Å². The highest BCUT2D eigenvalue weighted by Gasteiger charge is 2.40. The lowest BCUT2D eigenvalue weighted by Crippen LogP contribution is -2.50. The van der Waals surface area contributed by atoms with Gasteiger partial charge >= 0.3 is 5.97 Å². The van der Waals surface area contributed by atoms with E-state index in [1.54, 1.807) is 25.1 Å². The summed E-state index contributed by atoms with van der Waals surface area (Å²) in [7, 11) is 2.94. The van der Waals surface area contributed by atoms with Crippen LogP contribution in [0.15, 0.2) is 48.5 Å². The molecule has 9 heteroatoms. The van der Waals surface area contributed by atoms with E-state index in [4.69, 9.17) is 23.7 Å². The molecule has 1 fully saturated rings. The van der Waals surface area contributed by atoms with Gasteiger partial charge in [-0.1, -0.05) is 24.3 Å². The number of hydrogen-bond donors (Lipinski definition) is 2. The van der Waals surface area contributed by atoms with Gasteiger partial charge in [0, 0.05) is 48.4 Å². The molecule has 39 heavy (non-hydrogen) atoms. The van der Waals surface area contributed by atoms with E-state index in [0.717, 1.165) is 11.3 Å². The van der Waals surface area contributed by atoms with Gasteiger partial charge in [0.2, 0.25) is 0 Å². The van der Waals surface area contributed by atoms with Gasteiger partial charge in [0.05, 0.1) is 20.8 Å². The smallest absolute Gasteiger partial charge is 0.329 e. The van der Waals surface area contributed by atoms with E-state index in [-0.39, 0.29) is 18.5 Å². The number of hydrogen-bond acceptors (Lipinski definition) is 7. The normalized spacial score (nSPS) is 17.7. The molecular formula is C30H32FNO7. The van der Waals surface area contributed by atoms with Crippen molar-refractivity contribution in [2.75, 3.05) is 39.4 Å². The maximum Gasteiger partial charge on any atom is 0.329 e. The van der Waals surface area contributed by atoms with E-state index in [1.165, 1.54) is 14.2 Å². The van der Waals surface area contributed by atoms with Crippen molar-refractivity contribution in [3.63, 3.8) is 0 Å². The first-order valence-electron chi connectivity index (χ1n) is 12.8. The topological polar surface area (TPSA) is 95.5 Å². The van der Waals surface area contributed by atoms with Crippen LogP contribution in [0.3, 0.4) is 0 Å². The van der Waals surface area contributed by atoms with Crippen molar-refractivity contribution in [1.82, 2.24) is 0 Å². The van der Waals surface area contributed by atoms with Gasteiger partial charge in [-0.2, -0.15) is 0 Å². The van der Waals surface area contributed by atoms with Gasteiger partial charge in [-0.25, -0.2) is 9.18 Å². The van der Waals surface area contributed by atoms with Crippen LogP contribution in [0.4, 0.5) is 10.1 Å². The number of fused-ring (bicyclic) bond motifs is 1. The number of carboxylic acids is 1. The third-order valence-electron chi connectivity index (χ3n) is 7.48. The highest BCUT2D eigenvalue weighted by molar-refractivity contribution is 5.83. The van der Waals surface area contributed by atoms with Crippen LogP contribution < -0.4 is 19.5 Å². The summed E-state index contributed by atoms with van der Waals surface area (Å²) in [5.41, 5.74) is 2.49. The molecule has 0 saturated carbocycles. The molecular weight excluding hydrogens is 505 g/mol. The van der Waals surface area contributed by atoms with Crippen LogP contribution in [0.25, 0.3) is 11.1 Å². The lowest BCUT2D eigenvalue weighted by molar-refractivity contribution is -0.145. The van der Waals surface area contributed by atoms with Crippen molar-refractivity contribution in [2.45, 2.75) is 38.0 Å². The van der Waals surface area contributed by atoms with E-state index in [1.807, 2.05) is 30.3 Å². The Morgan fingerprint density at radius 2 is 1.87 bits per heavy atom. The van der Waals surface area contributed by atoms with E-state index in [0.29, 0.717) is 66.4 Å². The molecule has 2 N–H and O–H groups in total. The summed E-state index contributed by atoms with van der Waals surface area (Å²) in [6.07, 6.45) is 0.360. The Morgan fingerprint density at radius 3 is 2.59 bits per heavy atom. The van der Waals surface area contributed by atoms with E-state index in [2.05, 4.69) is 5.32 Å².